The number of nitrogens with one attached hydrogen (secondary N) is 2. The zero-order valence-corrected chi connectivity index (χ0v) is 15.9. The van der Waals surface area contributed by atoms with Crippen molar-refractivity contribution in [1.82, 2.24) is 15.0 Å². The first-order valence-corrected chi connectivity index (χ1v) is 9.20. The van der Waals surface area contributed by atoms with Gasteiger partial charge in [-0.05, 0) is 35.7 Å². The lowest BCUT2D eigenvalue weighted by atomic mass is 10.1. The third-order valence-corrected chi connectivity index (χ3v) is 4.41. The van der Waals surface area contributed by atoms with Gasteiger partial charge >= 0.3 is 0 Å². The maximum atomic E-state index is 13.1. The summed E-state index contributed by atoms with van der Waals surface area (Å²) < 4.78 is 13.1. The maximum absolute atomic E-state index is 13.1. The summed E-state index contributed by atoms with van der Waals surface area (Å²) in [6.45, 7) is 4.53. The minimum Gasteiger partial charge on any atom is -0.394 e. The molecular formula is C21H24FN5O. The molecule has 7 heteroatoms. The van der Waals surface area contributed by atoms with E-state index in [0.717, 1.165) is 16.8 Å². The molecule has 28 heavy (non-hydrogen) atoms. The molecule has 0 fully saturated rings. The smallest absolute Gasteiger partial charge is 0.225 e. The third-order valence-electron chi connectivity index (χ3n) is 4.41. The lowest BCUT2D eigenvalue weighted by Gasteiger charge is -2.20. The van der Waals surface area contributed by atoms with E-state index in [1.54, 1.807) is 24.5 Å². The monoisotopic (exact) mass is 381 g/mol. The van der Waals surface area contributed by atoms with E-state index in [2.05, 4.69) is 25.6 Å². The largest absolute Gasteiger partial charge is 0.394 e. The summed E-state index contributed by atoms with van der Waals surface area (Å²) in [5.74, 6) is 1.02. The van der Waals surface area contributed by atoms with Gasteiger partial charge in [-0.1, -0.05) is 26.0 Å². The molecule has 6 nitrogen and oxygen atoms in total. The fourth-order valence-corrected chi connectivity index (χ4v) is 2.66. The highest BCUT2D eigenvalue weighted by atomic mass is 19.1. The molecule has 0 aliphatic heterocycles. The van der Waals surface area contributed by atoms with Crippen LogP contribution < -0.4 is 10.6 Å². The summed E-state index contributed by atoms with van der Waals surface area (Å²) in [4.78, 5) is 13.2. The Balaban J connectivity index is 1.87. The molecule has 2 aromatic heterocycles. The van der Waals surface area contributed by atoms with Crippen LogP contribution in [-0.2, 0) is 6.54 Å². The molecule has 1 aromatic carbocycles. The summed E-state index contributed by atoms with van der Waals surface area (Å²) in [5.41, 5.74) is 2.59. The molecule has 3 aromatic rings. The van der Waals surface area contributed by atoms with Gasteiger partial charge in [0.1, 0.15) is 11.6 Å². The van der Waals surface area contributed by atoms with Crippen LogP contribution in [0.1, 0.15) is 19.4 Å². The zero-order chi connectivity index (χ0) is 19.9. The molecule has 0 saturated carbocycles. The Morgan fingerprint density at radius 2 is 1.75 bits per heavy atom. The average molecular weight is 381 g/mol. The summed E-state index contributed by atoms with van der Waals surface area (Å²) >= 11 is 0. The van der Waals surface area contributed by atoms with Gasteiger partial charge in [0, 0.05) is 30.6 Å². The van der Waals surface area contributed by atoms with Gasteiger partial charge in [-0.2, -0.15) is 4.98 Å². The number of benzene rings is 1. The van der Waals surface area contributed by atoms with Crippen molar-refractivity contribution >= 4 is 11.8 Å². The number of hydrogen-bond donors (Lipinski definition) is 3. The van der Waals surface area contributed by atoms with Crippen molar-refractivity contribution < 1.29 is 9.50 Å². The van der Waals surface area contributed by atoms with Crippen molar-refractivity contribution in [2.45, 2.75) is 26.4 Å². The van der Waals surface area contributed by atoms with Gasteiger partial charge in [-0.3, -0.25) is 4.98 Å². The highest BCUT2D eigenvalue weighted by Crippen LogP contribution is 2.22. The molecule has 0 aliphatic carbocycles. The number of aromatic nitrogens is 3. The molecule has 0 spiro atoms. The number of halogens is 1. The van der Waals surface area contributed by atoms with Crippen LogP contribution in [0.25, 0.3) is 11.3 Å². The van der Waals surface area contributed by atoms with Gasteiger partial charge < -0.3 is 15.7 Å². The molecule has 0 bridgehead atoms. The summed E-state index contributed by atoms with van der Waals surface area (Å²) in [6, 6.07) is 11.8. The van der Waals surface area contributed by atoms with Gasteiger partial charge in [-0.25, -0.2) is 9.37 Å². The quantitative estimate of drug-likeness (QED) is 0.552. The Hall–Kier alpha value is -3.06. The van der Waals surface area contributed by atoms with E-state index in [-0.39, 0.29) is 24.4 Å². The number of rotatable bonds is 8. The van der Waals surface area contributed by atoms with Crippen LogP contribution in [0, 0.1) is 11.7 Å². The van der Waals surface area contributed by atoms with Crippen molar-refractivity contribution in [3.63, 3.8) is 0 Å². The molecule has 0 aliphatic rings. The molecular weight excluding hydrogens is 357 g/mol. The van der Waals surface area contributed by atoms with E-state index in [4.69, 9.17) is 0 Å². The number of aliphatic hydroxyl groups is 1. The lowest BCUT2D eigenvalue weighted by molar-refractivity contribution is 0.248. The number of hydrogen-bond acceptors (Lipinski definition) is 6. The van der Waals surface area contributed by atoms with Crippen molar-refractivity contribution in [3.05, 3.63) is 66.2 Å². The van der Waals surface area contributed by atoms with Gasteiger partial charge in [-0.15, -0.1) is 0 Å². The maximum Gasteiger partial charge on any atom is 0.225 e. The third kappa shape index (κ3) is 5.23. The van der Waals surface area contributed by atoms with Crippen molar-refractivity contribution in [1.29, 1.82) is 0 Å². The second kappa shape index (κ2) is 9.23. The van der Waals surface area contributed by atoms with Crippen LogP contribution in [0.4, 0.5) is 16.2 Å². The van der Waals surface area contributed by atoms with Crippen LogP contribution in [0.2, 0.25) is 0 Å². The SMILES string of the molecule is CC(C)[C@H](CO)Nc1nc(NCc2ccc(F)cc2)cc(-c2ccncc2)n1. The fraction of sp³-hybridized carbons (Fsp3) is 0.286. The molecule has 2 heterocycles. The van der Waals surface area contributed by atoms with Crippen LogP contribution in [0.5, 0.6) is 0 Å². The van der Waals surface area contributed by atoms with E-state index in [9.17, 15) is 9.50 Å². The fourth-order valence-electron chi connectivity index (χ4n) is 2.66. The van der Waals surface area contributed by atoms with Crippen molar-refractivity contribution in [3.8, 4) is 11.3 Å². The molecule has 146 valence electrons. The normalized spacial score (nSPS) is 12.0. The highest BCUT2D eigenvalue weighted by molar-refractivity contribution is 5.64. The molecule has 3 rings (SSSR count). The van der Waals surface area contributed by atoms with E-state index < -0.39 is 0 Å². The van der Waals surface area contributed by atoms with Gasteiger partial charge in [0.25, 0.3) is 0 Å². The number of anilines is 2. The first-order valence-electron chi connectivity index (χ1n) is 9.20. The van der Waals surface area contributed by atoms with Gasteiger partial charge in [0.2, 0.25) is 5.95 Å². The molecule has 0 saturated heterocycles. The van der Waals surface area contributed by atoms with Gasteiger partial charge in [0.05, 0.1) is 18.3 Å². The van der Waals surface area contributed by atoms with Gasteiger partial charge in [0.15, 0.2) is 0 Å². The Labute approximate surface area is 163 Å². The standard InChI is InChI=1S/C21H24FN5O/c1-14(2)19(13-28)26-21-25-18(16-7-9-23-10-8-16)11-20(27-21)24-12-15-3-5-17(22)6-4-15/h3-11,14,19,28H,12-13H2,1-2H3,(H2,24,25,26,27)/t19-/m0/s1. The molecule has 0 amide bonds. The summed E-state index contributed by atoms with van der Waals surface area (Å²) in [5, 5.41) is 16.1. The average Bonchev–Trinajstić information content (AvgIpc) is 2.72. The highest BCUT2D eigenvalue weighted by Gasteiger charge is 2.15. The molecule has 1 atom stereocenters. The minimum atomic E-state index is -0.263. The Morgan fingerprint density at radius 3 is 2.39 bits per heavy atom. The summed E-state index contributed by atoms with van der Waals surface area (Å²) in [7, 11) is 0. The Morgan fingerprint density at radius 1 is 1.04 bits per heavy atom. The first kappa shape index (κ1) is 19.7. The molecule has 0 radical (unpaired) electrons. The summed E-state index contributed by atoms with van der Waals surface area (Å²) in [6.07, 6.45) is 3.42. The van der Waals surface area contributed by atoms with E-state index in [1.807, 2.05) is 32.0 Å². The second-order valence-electron chi connectivity index (χ2n) is 6.86. The topological polar surface area (TPSA) is 83.0 Å². The van der Waals surface area contributed by atoms with Crippen LogP contribution >= 0.6 is 0 Å². The first-order chi connectivity index (χ1) is 13.5. The predicted molar refractivity (Wildman–Crippen MR) is 108 cm³/mol. The van der Waals surface area contributed by atoms with Crippen LogP contribution in [0.15, 0.2) is 54.9 Å². The van der Waals surface area contributed by atoms with E-state index in [1.165, 1.54) is 12.1 Å². The molecule has 3 N–H and O–H groups in total. The van der Waals surface area contributed by atoms with Crippen molar-refractivity contribution in [2.24, 2.45) is 5.92 Å². The van der Waals surface area contributed by atoms with Crippen LogP contribution in [-0.4, -0.2) is 32.7 Å². The Kier molecular flexibility index (Phi) is 6.49. The Bertz CT molecular complexity index is 887. The van der Waals surface area contributed by atoms with E-state index >= 15 is 0 Å². The molecule has 0 unspecified atom stereocenters. The number of aliphatic hydroxyl groups excluding tert-OH is 1. The number of nitrogens with zero attached hydrogens (tertiary/aromatic N) is 3. The second-order valence-corrected chi connectivity index (χ2v) is 6.86. The van der Waals surface area contributed by atoms with Crippen molar-refractivity contribution in [2.75, 3.05) is 17.2 Å². The lowest BCUT2D eigenvalue weighted by Crippen LogP contribution is -2.30. The number of pyridine rings is 1. The van der Waals surface area contributed by atoms with Crippen LogP contribution in [0.3, 0.4) is 0 Å². The van der Waals surface area contributed by atoms with E-state index in [0.29, 0.717) is 18.3 Å². The predicted octanol–water partition coefficient (Wildman–Crippen LogP) is 3.72. The minimum absolute atomic E-state index is 0.0150. The zero-order valence-electron chi connectivity index (χ0n) is 15.9.